The van der Waals surface area contributed by atoms with Crippen molar-refractivity contribution in [2.24, 2.45) is 0 Å². The van der Waals surface area contributed by atoms with E-state index in [1.807, 2.05) is 25.1 Å². The third kappa shape index (κ3) is 6.34. The molecule has 2 aromatic rings. The summed E-state index contributed by atoms with van der Waals surface area (Å²) in [4.78, 5) is 24.2. The Hall–Kier alpha value is -3.35. The van der Waals surface area contributed by atoms with E-state index < -0.39 is 30.4 Å². The van der Waals surface area contributed by atoms with Crippen LogP contribution in [0.5, 0.6) is 11.5 Å². The SMILES string of the molecule is C/C=C/c1ccc(OCC(=O)O[C@H](C)C(=O)Nc2ccc(C)c(F)c2)c(OC)c1. The van der Waals surface area contributed by atoms with Crippen molar-refractivity contribution < 1.29 is 28.2 Å². The number of anilines is 1. The molecular formula is C22H24FNO5. The van der Waals surface area contributed by atoms with Crippen molar-refractivity contribution in [3.8, 4) is 11.5 Å². The topological polar surface area (TPSA) is 73.9 Å². The van der Waals surface area contributed by atoms with Gasteiger partial charge in [0, 0.05) is 5.69 Å². The van der Waals surface area contributed by atoms with Crippen molar-refractivity contribution in [1.29, 1.82) is 0 Å². The molecule has 2 rings (SSSR count). The van der Waals surface area contributed by atoms with Crippen LogP contribution in [0.15, 0.2) is 42.5 Å². The second kappa shape index (κ2) is 10.3. The fraction of sp³-hybridized carbons (Fsp3) is 0.273. The van der Waals surface area contributed by atoms with E-state index in [0.717, 1.165) is 5.56 Å². The highest BCUT2D eigenvalue weighted by Gasteiger charge is 2.19. The van der Waals surface area contributed by atoms with Gasteiger partial charge in [-0.1, -0.05) is 24.3 Å². The number of allylic oxidation sites excluding steroid dienone is 1. The third-order valence-corrected chi connectivity index (χ3v) is 4.01. The summed E-state index contributed by atoms with van der Waals surface area (Å²) < 4.78 is 29.3. The van der Waals surface area contributed by atoms with Crippen molar-refractivity contribution in [2.45, 2.75) is 26.9 Å². The number of rotatable bonds is 8. The predicted octanol–water partition coefficient (Wildman–Crippen LogP) is 4.13. The van der Waals surface area contributed by atoms with Gasteiger partial charge in [-0.05, 0) is 56.2 Å². The Balaban J connectivity index is 1.89. The van der Waals surface area contributed by atoms with E-state index in [9.17, 15) is 14.0 Å². The highest BCUT2D eigenvalue weighted by Crippen LogP contribution is 2.28. The van der Waals surface area contributed by atoms with Gasteiger partial charge >= 0.3 is 5.97 Å². The molecule has 0 fully saturated rings. The van der Waals surface area contributed by atoms with Crippen molar-refractivity contribution in [2.75, 3.05) is 19.0 Å². The summed E-state index contributed by atoms with van der Waals surface area (Å²) in [5.74, 6) is -0.877. The van der Waals surface area contributed by atoms with Gasteiger partial charge in [-0.15, -0.1) is 0 Å². The highest BCUT2D eigenvalue weighted by molar-refractivity contribution is 5.95. The second-order valence-electron chi connectivity index (χ2n) is 6.28. The molecule has 0 aliphatic rings. The molecule has 1 amide bonds. The first kappa shape index (κ1) is 21.9. The van der Waals surface area contributed by atoms with Gasteiger partial charge in [0.1, 0.15) is 5.82 Å². The Bertz CT molecular complexity index is 910. The Morgan fingerprint density at radius 3 is 2.59 bits per heavy atom. The van der Waals surface area contributed by atoms with Crippen molar-refractivity contribution >= 4 is 23.6 Å². The molecule has 0 saturated carbocycles. The molecule has 7 heteroatoms. The molecule has 0 heterocycles. The number of nitrogens with one attached hydrogen (secondary N) is 1. The quantitative estimate of drug-likeness (QED) is 0.674. The number of ether oxygens (including phenoxy) is 3. The maximum absolute atomic E-state index is 13.6. The van der Waals surface area contributed by atoms with Crippen LogP contribution in [0.3, 0.4) is 0 Å². The van der Waals surface area contributed by atoms with Gasteiger partial charge in [-0.2, -0.15) is 0 Å². The van der Waals surface area contributed by atoms with E-state index in [1.54, 1.807) is 31.2 Å². The number of methoxy groups -OCH3 is 1. The average Bonchev–Trinajstić information content (AvgIpc) is 2.69. The average molecular weight is 401 g/mol. The minimum absolute atomic E-state index is 0.281. The van der Waals surface area contributed by atoms with Crippen molar-refractivity contribution in [1.82, 2.24) is 0 Å². The number of amides is 1. The van der Waals surface area contributed by atoms with Crippen LogP contribution in [-0.2, 0) is 14.3 Å². The monoisotopic (exact) mass is 401 g/mol. The molecule has 0 spiro atoms. The number of carbonyl (C=O) groups is 2. The number of aryl methyl sites for hydroxylation is 1. The molecule has 0 radical (unpaired) electrons. The van der Waals surface area contributed by atoms with Crippen LogP contribution >= 0.6 is 0 Å². The lowest BCUT2D eigenvalue weighted by Crippen LogP contribution is -2.31. The third-order valence-electron chi connectivity index (χ3n) is 4.01. The molecule has 154 valence electrons. The van der Waals surface area contributed by atoms with Crippen molar-refractivity contribution in [3.05, 3.63) is 59.4 Å². The molecule has 1 atom stereocenters. The molecule has 0 aliphatic carbocycles. The molecular weight excluding hydrogens is 377 g/mol. The number of carbonyl (C=O) groups excluding carboxylic acids is 2. The highest BCUT2D eigenvalue weighted by atomic mass is 19.1. The predicted molar refractivity (Wildman–Crippen MR) is 109 cm³/mol. The van der Waals surface area contributed by atoms with E-state index in [1.165, 1.54) is 20.1 Å². The van der Waals surface area contributed by atoms with Crippen LogP contribution in [0, 0.1) is 12.7 Å². The standard InChI is InChI=1S/C22H24FNO5/c1-5-6-16-8-10-19(20(11-16)27-4)28-13-21(25)29-15(3)22(26)24-17-9-7-14(2)18(23)12-17/h5-12,15H,13H2,1-4H3,(H,24,26)/b6-5+/t15-/m1/s1. The summed E-state index contributed by atoms with van der Waals surface area (Å²) in [6.07, 6.45) is 2.72. The Morgan fingerprint density at radius 2 is 1.93 bits per heavy atom. The first-order valence-electron chi connectivity index (χ1n) is 9.04. The van der Waals surface area contributed by atoms with E-state index in [2.05, 4.69) is 5.32 Å². The lowest BCUT2D eigenvalue weighted by atomic mass is 10.2. The number of esters is 1. The van der Waals surface area contributed by atoms with Crippen LogP contribution in [-0.4, -0.2) is 31.7 Å². The zero-order valence-corrected chi connectivity index (χ0v) is 16.8. The number of benzene rings is 2. The van der Waals surface area contributed by atoms with E-state index in [-0.39, 0.29) is 5.69 Å². The zero-order chi connectivity index (χ0) is 21.4. The minimum Gasteiger partial charge on any atom is -0.493 e. The fourth-order valence-electron chi connectivity index (χ4n) is 2.44. The molecule has 0 aromatic heterocycles. The number of hydrogen-bond donors (Lipinski definition) is 1. The van der Waals surface area contributed by atoms with Gasteiger partial charge in [0.15, 0.2) is 24.2 Å². The number of hydrogen-bond acceptors (Lipinski definition) is 5. The van der Waals surface area contributed by atoms with Gasteiger partial charge in [0.2, 0.25) is 0 Å². The van der Waals surface area contributed by atoms with E-state index >= 15 is 0 Å². The Labute approximate surface area is 169 Å². The Kier molecular flexibility index (Phi) is 7.77. The lowest BCUT2D eigenvalue weighted by Gasteiger charge is -2.15. The Morgan fingerprint density at radius 1 is 1.17 bits per heavy atom. The van der Waals surface area contributed by atoms with Gasteiger partial charge in [0.05, 0.1) is 7.11 Å². The minimum atomic E-state index is -1.07. The van der Waals surface area contributed by atoms with E-state index in [0.29, 0.717) is 17.1 Å². The summed E-state index contributed by atoms with van der Waals surface area (Å²) in [6, 6.07) is 9.59. The summed E-state index contributed by atoms with van der Waals surface area (Å²) in [5.41, 5.74) is 1.68. The van der Waals surface area contributed by atoms with Gasteiger partial charge < -0.3 is 19.5 Å². The molecule has 0 aliphatic heterocycles. The molecule has 6 nitrogen and oxygen atoms in total. The first-order valence-corrected chi connectivity index (χ1v) is 9.04. The summed E-state index contributed by atoms with van der Waals surface area (Å²) >= 11 is 0. The molecule has 0 saturated heterocycles. The van der Waals surface area contributed by atoms with Crippen LogP contribution < -0.4 is 14.8 Å². The summed E-state index contributed by atoms with van der Waals surface area (Å²) in [5, 5.41) is 2.50. The largest absolute Gasteiger partial charge is 0.493 e. The zero-order valence-electron chi connectivity index (χ0n) is 16.8. The molecule has 1 N–H and O–H groups in total. The molecule has 2 aromatic carbocycles. The van der Waals surface area contributed by atoms with Gasteiger partial charge in [-0.3, -0.25) is 4.79 Å². The van der Waals surface area contributed by atoms with Gasteiger partial charge in [0.25, 0.3) is 5.91 Å². The van der Waals surface area contributed by atoms with Crippen LogP contribution in [0.4, 0.5) is 10.1 Å². The number of halogens is 1. The molecule has 0 bridgehead atoms. The van der Waals surface area contributed by atoms with Crippen LogP contribution in [0.1, 0.15) is 25.0 Å². The van der Waals surface area contributed by atoms with Gasteiger partial charge in [-0.25, -0.2) is 9.18 Å². The van der Waals surface area contributed by atoms with Crippen molar-refractivity contribution in [3.63, 3.8) is 0 Å². The molecule has 29 heavy (non-hydrogen) atoms. The van der Waals surface area contributed by atoms with Crippen LogP contribution in [0.25, 0.3) is 6.08 Å². The second-order valence-corrected chi connectivity index (χ2v) is 6.28. The smallest absolute Gasteiger partial charge is 0.344 e. The molecule has 0 unspecified atom stereocenters. The summed E-state index contributed by atoms with van der Waals surface area (Å²) in [6.45, 7) is 4.55. The maximum atomic E-state index is 13.6. The van der Waals surface area contributed by atoms with E-state index in [4.69, 9.17) is 14.2 Å². The lowest BCUT2D eigenvalue weighted by molar-refractivity contribution is -0.155. The fourth-order valence-corrected chi connectivity index (χ4v) is 2.44. The maximum Gasteiger partial charge on any atom is 0.344 e. The summed E-state index contributed by atoms with van der Waals surface area (Å²) in [7, 11) is 1.50. The first-order chi connectivity index (χ1) is 13.8. The normalized spacial score (nSPS) is 11.8. The van der Waals surface area contributed by atoms with Crippen LogP contribution in [0.2, 0.25) is 0 Å².